The highest BCUT2D eigenvalue weighted by atomic mass is 16.4. The first-order valence-corrected chi connectivity index (χ1v) is 9.92. The van der Waals surface area contributed by atoms with Crippen molar-refractivity contribution in [2.24, 2.45) is 0 Å². The molecule has 0 atom stereocenters. The predicted octanol–water partition coefficient (Wildman–Crippen LogP) is 3.88. The summed E-state index contributed by atoms with van der Waals surface area (Å²) in [7, 11) is 0. The molecule has 0 spiro atoms. The van der Waals surface area contributed by atoms with E-state index in [1.807, 2.05) is 35.4 Å². The Morgan fingerprint density at radius 3 is 2.48 bits per heavy atom. The monoisotopic (exact) mass is 369 g/mol. The summed E-state index contributed by atoms with van der Waals surface area (Å²) >= 11 is 0. The maximum absolute atomic E-state index is 12.8. The van der Waals surface area contributed by atoms with Crippen LogP contribution in [0.5, 0.6) is 0 Å². The van der Waals surface area contributed by atoms with Crippen LogP contribution in [0.15, 0.2) is 34.9 Å². The van der Waals surface area contributed by atoms with E-state index in [0.717, 1.165) is 56.2 Å². The van der Waals surface area contributed by atoms with Crippen molar-refractivity contribution in [2.75, 3.05) is 26.2 Å². The molecule has 0 saturated carbocycles. The first-order valence-electron chi connectivity index (χ1n) is 9.92. The summed E-state index contributed by atoms with van der Waals surface area (Å²) in [5, 5.41) is 0. The molecule has 1 aliphatic heterocycles. The summed E-state index contributed by atoms with van der Waals surface area (Å²) in [6.45, 7) is 12.5. The van der Waals surface area contributed by atoms with Crippen molar-refractivity contribution < 1.29 is 9.21 Å². The highest BCUT2D eigenvalue weighted by Crippen LogP contribution is 2.23. The molecule has 1 fully saturated rings. The van der Waals surface area contributed by atoms with Crippen LogP contribution in [-0.4, -0.2) is 46.9 Å². The lowest BCUT2D eigenvalue weighted by Gasteiger charge is -2.21. The summed E-state index contributed by atoms with van der Waals surface area (Å²) in [6.07, 6.45) is 3.79. The van der Waals surface area contributed by atoms with Crippen LogP contribution in [0, 0.1) is 0 Å². The van der Waals surface area contributed by atoms with Crippen molar-refractivity contribution in [3.8, 4) is 0 Å². The average molecular weight is 370 g/mol. The van der Waals surface area contributed by atoms with Gasteiger partial charge in [0.25, 0.3) is 5.91 Å². The number of rotatable bonds is 4. The fraction of sp³-hybridized carbons (Fsp3) is 0.545. The molecule has 5 nitrogen and oxygen atoms in total. The molecular formula is C22H31N3O2. The van der Waals surface area contributed by atoms with Gasteiger partial charge in [0.1, 0.15) is 5.76 Å². The molecule has 0 bridgehead atoms. The zero-order chi connectivity index (χ0) is 19.4. The predicted molar refractivity (Wildman–Crippen MR) is 107 cm³/mol. The van der Waals surface area contributed by atoms with Crippen molar-refractivity contribution in [3.05, 3.63) is 53.2 Å². The van der Waals surface area contributed by atoms with Crippen molar-refractivity contribution >= 4 is 5.91 Å². The maximum Gasteiger partial charge on any atom is 0.253 e. The van der Waals surface area contributed by atoms with E-state index in [9.17, 15) is 4.79 Å². The van der Waals surface area contributed by atoms with Gasteiger partial charge >= 0.3 is 0 Å². The number of oxazole rings is 1. The van der Waals surface area contributed by atoms with Gasteiger partial charge in [0, 0.05) is 37.2 Å². The normalized spacial score (nSPS) is 16.4. The first kappa shape index (κ1) is 19.6. The zero-order valence-electron chi connectivity index (χ0n) is 17.0. The van der Waals surface area contributed by atoms with Crippen LogP contribution < -0.4 is 0 Å². The lowest BCUT2D eigenvalue weighted by Crippen LogP contribution is -2.35. The number of hydrogen-bond donors (Lipinski definition) is 0. The molecule has 27 heavy (non-hydrogen) atoms. The number of benzene rings is 1. The van der Waals surface area contributed by atoms with Gasteiger partial charge in [-0.25, -0.2) is 4.98 Å². The molecule has 1 amide bonds. The Kier molecular flexibility index (Phi) is 6.00. The number of amides is 1. The molecule has 2 aromatic rings. The van der Waals surface area contributed by atoms with Gasteiger partial charge in [-0.1, -0.05) is 39.8 Å². The summed E-state index contributed by atoms with van der Waals surface area (Å²) in [6, 6.07) is 7.99. The average Bonchev–Trinajstić information content (AvgIpc) is 3.00. The quantitative estimate of drug-likeness (QED) is 0.821. The minimum Gasteiger partial charge on any atom is -0.444 e. The summed E-state index contributed by atoms with van der Waals surface area (Å²) in [5.74, 6) is 1.81. The third kappa shape index (κ3) is 4.98. The molecule has 2 heterocycles. The summed E-state index contributed by atoms with van der Waals surface area (Å²) in [4.78, 5) is 21.5. The molecule has 0 N–H and O–H groups in total. The highest BCUT2D eigenvalue weighted by Gasteiger charge is 2.23. The van der Waals surface area contributed by atoms with E-state index in [0.29, 0.717) is 6.54 Å². The van der Waals surface area contributed by atoms with Gasteiger partial charge in [0.2, 0.25) is 5.89 Å². The van der Waals surface area contributed by atoms with Crippen molar-refractivity contribution in [1.29, 1.82) is 0 Å². The van der Waals surface area contributed by atoms with Gasteiger partial charge in [0.15, 0.2) is 0 Å². The molecule has 5 heteroatoms. The van der Waals surface area contributed by atoms with Crippen LogP contribution in [0.4, 0.5) is 0 Å². The number of carbonyl (C=O) groups is 1. The molecule has 0 unspecified atom stereocenters. The Balaban J connectivity index is 1.58. The third-order valence-electron chi connectivity index (χ3n) is 5.14. The molecule has 1 aliphatic rings. The van der Waals surface area contributed by atoms with Crippen LogP contribution >= 0.6 is 0 Å². The SMILES string of the molecule is CCc1ccc(C(=O)N2CCCN(Cc3ncc(C(C)(C)C)o3)CC2)cc1. The Labute approximate surface area is 162 Å². The number of aromatic nitrogens is 1. The van der Waals surface area contributed by atoms with Gasteiger partial charge in [-0.2, -0.15) is 0 Å². The van der Waals surface area contributed by atoms with Gasteiger partial charge in [-0.3, -0.25) is 9.69 Å². The lowest BCUT2D eigenvalue weighted by atomic mass is 9.94. The van der Waals surface area contributed by atoms with E-state index in [2.05, 4.69) is 37.6 Å². The molecule has 0 aliphatic carbocycles. The minimum absolute atomic E-state index is 0.0272. The Hall–Kier alpha value is -2.14. The molecule has 3 rings (SSSR count). The summed E-state index contributed by atoms with van der Waals surface area (Å²) < 4.78 is 5.92. The molecular weight excluding hydrogens is 338 g/mol. The molecule has 1 aromatic heterocycles. The first-order chi connectivity index (χ1) is 12.9. The second-order valence-corrected chi connectivity index (χ2v) is 8.34. The van der Waals surface area contributed by atoms with Crippen LogP contribution in [0.1, 0.15) is 61.7 Å². The van der Waals surface area contributed by atoms with Crippen LogP contribution in [-0.2, 0) is 18.4 Å². The van der Waals surface area contributed by atoms with Gasteiger partial charge < -0.3 is 9.32 Å². The number of aryl methyl sites for hydroxylation is 1. The second kappa shape index (κ2) is 8.26. The second-order valence-electron chi connectivity index (χ2n) is 8.34. The topological polar surface area (TPSA) is 49.6 Å². The minimum atomic E-state index is -0.0272. The van der Waals surface area contributed by atoms with Crippen molar-refractivity contribution in [2.45, 2.75) is 52.5 Å². The van der Waals surface area contributed by atoms with Crippen LogP contribution in [0.3, 0.4) is 0 Å². The van der Waals surface area contributed by atoms with E-state index in [1.54, 1.807) is 0 Å². The van der Waals surface area contributed by atoms with Crippen molar-refractivity contribution in [3.63, 3.8) is 0 Å². The zero-order valence-corrected chi connectivity index (χ0v) is 17.0. The summed E-state index contributed by atoms with van der Waals surface area (Å²) in [5.41, 5.74) is 2.01. The molecule has 1 aromatic carbocycles. The molecule has 146 valence electrons. The van der Waals surface area contributed by atoms with Gasteiger partial charge in [-0.15, -0.1) is 0 Å². The molecule has 0 radical (unpaired) electrons. The highest BCUT2D eigenvalue weighted by molar-refractivity contribution is 5.94. The fourth-order valence-corrected chi connectivity index (χ4v) is 3.32. The smallest absolute Gasteiger partial charge is 0.253 e. The Morgan fingerprint density at radius 1 is 1.11 bits per heavy atom. The van der Waals surface area contributed by atoms with E-state index < -0.39 is 0 Å². The Bertz CT molecular complexity index is 759. The van der Waals surface area contributed by atoms with Gasteiger partial charge in [0.05, 0.1) is 12.7 Å². The van der Waals surface area contributed by atoms with Gasteiger partial charge in [-0.05, 0) is 30.5 Å². The third-order valence-corrected chi connectivity index (χ3v) is 5.14. The van der Waals surface area contributed by atoms with Crippen molar-refractivity contribution in [1.82, 2.24) is 14.8 Å². The Morgan fingerprint density at radius 2 is 1.85 bits per heavy atom. The van der Waals surface area contributed by atoms with E-state index in [1.165, 1.54) is 5.56 Å². The molecule has 1 saturated heterocycles. The van der Waals surface area contributed by atoms with E-state index in [4.69, 9.17) is 4.42 Å². The number of carbonyl (C=O) groups excluding carboxylic acids is 1. The largest absolute Gasteiger partial charge is 0.444 e. The van der Waals surface area contributed by atoms with E-state index >= 15 is 0 Å². The van der Waals surface area contributed by atoms with Crippen LogP contribution in [0.25, 0.3) is 0 Å². The van der Waals surface area contributed by atoms with E-state index in [-0.39, 0.29) is 11.3 Å². The number of hydrogen-bond acceptors (Lipinski definition) is 4. The standard InChI is InChI=1S/C22H31N3O2/c1-5-17-7-9-18(10-8-17)21(26)25-12-6-11-24(13-14-25)16-20-23-15-19(27-20)22(2,3)4/h7-10,15H,5-6,11-14,16H2,1-4H3. The lowest BCUT2D eigenvalue weighted by molar-refractivity contribution is 0.0760. The maximum atomic E-state index is 12.8. The fourth-order valence-electron chi connectivity index (χ4n) is 3.32. The number of nitrogens with zero attached hydrogens (tertiary/aromatic N) is 3. The van der Waals surface area contributed by atoms with Crippen LogP contribution in [0.2, 0.25) is 0 Å².